The van der Waals surface area contributed by atoms with Crippen molar-refractivity contribution in [2.24, 2.45) is 0 Å². The summed E-state index contributed by atoms with van der Waals surface area (Å²) < 4.78 is 4.94. The number of hydrogen-bond donors (Lipinski definition) is 0. The van der Waals surface area contributed by atoms with Gasteiger partial charge in [-0.25, -0.2) is 0 Å². The van der Waals surface area contributed by atoms with E-state index in [1.165, 1.54) is 25.5 Å². The second-order valence-corrected chi connectivity index (χ2v) is 3.43. The molecule has 0 spiro atoms. The maximum absolute atomic E-state index is 10.5. The second-order valence-electron chi connectivity index (χ2n) is 3.43. The summed E-state index contributed by atoms with van der Waals surface area (Å²) in [6.45, 7) is 2.19. The Kier molecular flexibility index (Phi) is 5.32. The molecule has 1 aromatic heterocycles. The summed E-state index contributed by atoms with van der Waals surface area (Å²) in [7, 11) is 0. The van der Waals surface area contributed by atoms with E-state index in [-0.39, 0.29) is 0 Å². The predicted molar refractivity (Wildman–Crippen MR) is 59.7 cm³/mol. The van der Waals surface area contributed by atoms with Crippen LogP contribution in [0, 0.1) is 11.8 Å². The molecule has 0 N–H and O–H groups in total. The lowest BCUT2D eigenvalue weighted by molar-refractivity contribution is 0.110. The minimum atomic E-state index is 0.330. The Morgan fingerprint density at radius 3 is 3.00 bits per heavy atom. The van der Waals surface area contributed by atoms with E-state index in [2.05, 4.69) is 18.8 Å². The van der Waals surface area contributed by atoms with E-state index >= 15 is 0 Å². The third kappa shape index (κ3) is 4.03. The maximum Gasteiger partial charge on any atom is 0.186 e. The summed E-state index contributed by atoms with van der Waals surface area (Å²) >= 11 is 0. The highest BCUT2D eigenvalue weighted by molar-refractivity contribution is 5.75. The molecule has 0 bridgehead atoms. The normalized spacial score (nSPS) is 9.40. The average molecular weight is 204 g/mol. The molecular formula is C13H16O2. The zero-order chi connectivity index (χ0) is 10.9. The number of aldehydes is 1. The predicted octanol–water partition coefficient (Wildman–Crippen LogP) is 3.41. The SMILES string of the molecule is CCCCCCC#Cc1ccoc1C=O. The molecule has 0 aliphatic carbocycles. The summed E-state index contributed by atoms with van der Waals surface area (Å²) in [6, 6.07) is 1.72. The molecule has 0 fully saturated rings. The first-order valence-corrected chi connectivity index (χ1v) is 5.40. The quantitative estimate of drug-likeness (QED) is 0.418. The molecule has 0 aliphatic rings. The van der Waals surface area contributed by atoms with Gasteiger partial charge in [-0.05, 0) is 12.5 Å². The number of carbonyl (C=O) groups excluding carboxylic acids is 1. The van der Waals surface area contributed by atoms with Crippen molar-refractivity contribution < 1.29 is 9.21 Å². The minimum Gasteiger partial charge on any atom is -0.460 e. The van der Waals surface area contributed by atoms with Gasteiger partial charge in [0.1, 0.15) is 0 Å². The standard InChI is InChI=1S/C13H16O2/c1-2-3-4-5-6-7-8-12-9-10-15-13(12)11-14/h9-11H,2-6H2,1H3. The van der Waals surface area contributed by atoms with Crippen LogP contribution in [0.1, 0.15) is 55.1 Å². The minimum absolute atomic E-state index is 0.330. The van der Waals surface area contributed by atoms with Crippen molar-refractivity contribution in [1.82, 2.24) is 0 Å². The monoisotopic (exact) mass is 204 g/mol. The average Bonchev–Trinajstić information content (AvgIpc) is 2.70. The van der Waals surface area contributed by atoms with Crippen molar-refractivity contribution in [3.63, 3.8) is 0 Å². The summed E-state index contributed by atoms with van der Waals surface area (Å²) in [5.41, 5.74) is 0.695. The Hall–Kier alpha value is -1.49. The van der Waals surface area contributed by atoms with Gasteiger partial charge in [-0.2, -0.15) is 0 Å². The van der Waals surface area contributed by atoms with Crippen molar-refractivity contribution in [3.05, 3.63) is 23.7 Å². The first kappa shape index (κ1) is 11.6. The van der Waals surface area contributed by atoms with E-state index in [1.54, 1.807) is 6.07 Å². The van der Waals surface area contributed by atoms with Gasteiger partial charge in [0.25, 0.3) is 0 Å². The van der Waals surface area contributed by atoms with Crippen molar-refractivity contribution in [1.29, 1.82) is 0 Å². The zero-order valence-corrected chi connectivity index (χ0v) is 9.08. The maximum atomic E-state index is 10.5. The van der Waals surface area contributed by atoms with Crippen LogP contribution in [-0.2, 0) is 0 Å². The summed E-state index contributed by atoms with van der Waals surface area (Å²) in [4.78, 5) is 10.5. The topological polar surface area (TPSA) is 30.2 Å². The lowest BCUT2D eigenvalue weighted by Gasteiger charge is -1.91. The highest BCUT2D eigenvalue weighted by Gasteiger charge is 1.99. The summed E-state index contributed by atoms with van der Waals surface area (Å²) in [6.07, 6.45) is 7.96. The molecule has 1 aromatic rings. The zero-order valence-electron chi connectivity index (χ0n) is 9.08. The molecule has 0 amide bonds. The highest BCUT2D eigenvalue weighted by Crippen LogP contribution is 2.06. The van der Waals surface area contributed by atoms with E-state index in [0.717, 1.165) is 12.8 Å². The number of hydrogen-bond acceptors (Lipinski definition) is 2. The largest absolute Gasteiger partial charge is 0.460 e. The number of furan rings is 1. The van der Waals surface area contributed by atoms with E-state index in [4.69, 9.17) is 4.42 Å². The van der Waals surface area contributed by atoms with Gasteiger partial charge in [0.15, 0.2) is 12.0 Å². The van der Waals surface area contributed by atoms with Crippen molar-refractivity contribution in [2.75, 3.05) is 0 Å². The third-order valence-corrected chi connectivity index (χ3v) is 2.18. The number of carbonyl (C=O) groups is 1. The lowest BCUT2D eigenvalue weighted by atomic mass is 10.1. The molecule has 1 rings (SSSR count). The Labute approximate surface area is 90.7 Å². The number of rotatable bonds is 5. The fraction of sp³-hybridized carbons (Fsp3) is 0.462. The molecule has 0 saturated heterocycles. The van der Waals surface area contributed by atoms with E-state index in [1.807, 2.05) is 0 Å². The molecule has 0 aromatic carbocycles. The van der Waals surface area contributed by atoms with Gasteiger partial charge in [0.2, 0.25) is 0 Å². The molecule has 0 saturated carbocycles. The van der Waals surface area contributed by atoms with Crippen LogP contribution in [0.25, 0.3) is 0 Å². The molecule has 0 aliphatic heterocycles. The van der Waals surface area contributed by atoms with Crippen LogP contribution in [0.15, 0.2) is 16.7 Å². The smallest absolute Gasteiger partial charge is 0.186 e. The molecule has 2 nitrogen and oxygen atoms in total. The fourth-order valence-corrected chi connectivity index (χ4v) is 1.31. The summed E-state index contributed by atoms with van der Waals surface area (Å²) in [5, 5.41) is 0. The van der Waals surface area contributed by atoms with Crippen LogP contribution < -0.4 is 0 Å². The second kappa shape index (κ2) is 6.89. The van der Waals surface area contributed by atoms with Crippen molar-refractivity contribution >= 4 is 6.29 Å². The van der Waals surface area contributed by atoms with Gasteiger partial charge in [-0.1, -0.05) is 38.0 Å². The van der Waals surface area contributed by atoms with Crippen molar-refractivity contribution in [2.45, 2.75) is 39.0 Å². The van der Waals surface area contributed by atoms with Gasteiger partial charge < -0.3 is 4.42 Å². The molecule has 0 radical (unpaired) electrons. The van der Waals surface area contributed by atoms with Crippen LogP contribution in [0.5, 0.6) is 0 Å². The Balaban J connectivity index is 2.34. The van der Waals surface area contributed by atoms with Crippen LogP contribution in [-0.4, -0.2) is 6.29 Å². The van der Waals surface area contributed by atoms with Gasteiger partial charge in [0, 0.05) is 6.42 Å². The molecule has 2 heteroatoms. The van der Waals surface area contributed by atoms with Crippen LogP contribution in [0.4, 0.5) is 0 Å². The van der Waals surface area contributed by atoms with Gasteiger partial charge in [0.05, 0.1) is 11.8 Å². The Morgan fingerprint density at radius 1 is 1.40 bits per heavy atom. The number of unbranched alkanes of at least 4 members (excludes halogenated alkanes) is 4. The van der Waals surface area contributed by atoms with Gasteiger partial charge in [-0.3, -0.25) is 4.79 Å². The molecule has 1 heterocycles. The van der Waals surface area contributed by atoms with Crippen LogP contribution in [0.3, 0.4) is 0 Å². The van der Waals surface area contributed by atoms with Gasteiger partial charge >= 0.3 is 0 Å². The molecule has 0 atom stereocenters. The first-order valence-electron chi connectivity index (χ1n) is 5.40. The van der Waals surface area contributed by atoms with Crippen LogP contribution in [0.2, 0.25) is 0 Å². The fourth-order valence-electron chi connectivity index (χ4n) is 1.31. The Bertz CT molecular complexity index is 352. The van der Waals surface area contributed by atoms with Crippen molar-refractivity contribution in [3.8, 4) is 11.8 Å². The first-order chi connectivity index (χ1) is 7.38. The van der Waals surface area contributed by atoms with Gasteiger partial charge in [-0.15, -0.1) is 0 Å². The Morgan fingerprint density at radius 2 is 2.27 bits per heavy atom. The highest BCUT2D eigenvalue weighted by atomic mass is 16.3. The van der Waals surface area contributed by atoms with E-state index in [9.17, 15) is 4.79 Å². The molecular weight excluding hydrogens is 188 g/mol. The molecule has 15 heavy (non-hydrogen) atoms. The summed E-state index contributed by atoms with van der Waals surface area (Å²) in [5.74, 6) is 6.33. The molecule has 80 valence electrons. The van der Waals surface area contributed by atoms with Crippen LogP contribution >= 0.6 is 0 Å². The molecule has 0 unspecified atom stereocenters. The third-order valence-electron chi connectivity index (χ3n) is 2.18. The lowest BCUT2D eigenvalue weighted by Crippen LogP contribution is -1.79. The van der Waals surface area contributed by atoms with E-state index in [0.29, 0.717) is 17.6 Å². The van der Waals surface area contributed by atoms with E-state index < -0.39 is 0 Å².